The maximum Gasteiger partial charge on any atom is 0.209 e. The van der Waals surface area contributed by atoms with Gasteiger partial charge in [0.1, 0.15) is 0 Å². The van der Waals surface area contributed by atoms with Crippen molar-refractivity contribution in [3.8, 4) is 0 Å². The minimum absolute atomic E-state index is 0.523. The van der Waals surface area contributed by atoms with Crippen LogP contribution in [0, 0.1) is 3.95 Å². The first-order chi connectivity index (χ1) is 12.9. The highest BCUT2D eigenvalue weighted by Crippen LogP contribution is 2.23. The Kier molecular flexibility index (Phi) is 6.65. The number of anilines is 2. The second-order valence-electron chi connectivity index (χ2n) is 6.86. The van der Waals surface area contributed by atoms with E-state index in [9.17, 15) is 0 Å². The summed E-state index contributed by atoms with van der Waals surface area (Å²) in [6.07, 6.45) is 0. The van der Waals surface area contributed by atoms with E-state index < -0.39 is 0 Å². The molecular formula is C20H23ClN4S2. The van der Waals surface area contributed by atoms with Crippen molar-refractivity contribution >= 4 is 46.0 Å². The predicted octanol–water partition coefficient (Wildman–Crippen LogP) is 6.28. The highest BCUT2D eigenvalue weighted by molar-refractivity contribution is 7.73. The van der Waals surface area contributed by atoms with E-state index in [4.69, 9.17) is 23.8 Å². The molecule has 4 nitrogen and oxygen atoms in total. The summed E-state index contributed by atoms with van der Waals surface area (Å²) in [5.41, 5.74) is 3.50. The summed E-state index contributed by atoms with van der Waals surface area (Å²) in [7, 11) is 2.04. The highest BCUT2D eigenvalue weighted by atomic mass is 35.5. The lowest BCUT2D eigenvalue weighted by atomic mass is 10.0. The molecule has 142 valence electrons. The number of hydrogen-bond donors (Lipinski definition) is 1. The molecule has 0 radical (unpaired) electrons. The maximum absolute atomic E-state index is 6.06. The third-order valence-corrected chi connectivity index (χ3v) is 5.61. The Hall–Kier alpha value is -1.73. The predicted molar refractivity (Wildman–Crippen MR) is 118 cm³/mol. The summed E-state index contributed by atoms with van der Waals surface area (Å²) in [5.74, 6) is 0.523. The summed E-state index contributed by atoms with van der Waals surface area (Å²) >= 11 is 13.0. The van der Waals surface area contributed by atoms with Crippen LogP contribution in [-0.4, -0.2) is 21.7 Å². The number of rotatable bonds is 7. The monoisotopic (exact) mass is 418 g/mol. The highest BCUT2D eigenvalue weighted by Gasteiger charge is 2.08. The fourth-order valence-electron chi connectivity index (χ4n) is 2.75. The third-order valence-electron chi connectivity index (χ3n) is 4.15. The topological polar surface area (TPSA) is 33.1 Å². The van der Waals surface area contributed by atoms with Crippen LogP contribution in [0.15, 0.2) is 48.5 Å². The van der Waals surface area contributed by atoms with Gasteiger partial charge in [-0.1, -0.05) is 61.1 Å². The van der Waals surface area contributed by atoms with E-state index in [-0.39, 0.29) is 0 Å². The molecule has 0 aliphatic rings. The average Bonchev–Trinajstić information content (AvgIpc) is 2.94. The summed E-state index contributed by atoms with van der Waals surface area (Å²) in [4.78, 5) is 2.16. The zero-order valence-corrected chi connectivity index (χ0v) is 18.0. The zero-order chi connectivity index (χ0) is 19.4. The Bertz CT molecular complexity index is 947. The fourth-order valence-corrected chi connectivity index (χ4v) is 3.97. The van der Waals surface area contributed by atoms with Crippen LogP contribution in [0.2, 0.25) is 5.02 Å². The van der Waals surface area contributed by atoms with Crippen molar-refractivity contribution in [3.05, 3.63) is 68.6 Å². The molecule has 0 fully saturated rings. The van der Waals surface area contributed by atoms with E-state index >= 15 is 0 Å². The number of benzene rings is 2. The van der Waals surface area contributed by atoms with E-state index in [0.29, 0.717) is 12.6 Å². The lowest BCUT2D eigenvalue weighted by molar-refractivity contribution is 0.245. The molecular weight excluding hydrogens is 396 g/mol. The SMILES string of the molecule is CC(C)c1ccc(Nc2nn(CN(C)Cc3cccc(Cl)c3)c(=S)s2)cc1. The molecule has 0 aliphatic carbocycles. The number of nitrogens with one attached hydrogen (secondary N) is 1. The molecule has 3 aromatic rings. The molecule has 0 amide bonds. The van der Waals surface area contributed by atoms with E-state index in [2.05, 4.69) is 59.5 Å². The summed E-state index contributed by atoms with van der Waals surface area (Å²) in [6, 6.07) is 16.3. The lowest BCUT2D eigenvalue weighted by Gasteiger charge is -2.16. The van der Waals surface area contributed by atoms with Crippen molar-refractivity contribution in [2.75, 3.05) is 12.4 Å². The smallest absolute Gasteiger partial charge is 0.209 e. The first-order valence-corrected chi connectivity index (χ1v) is 10.4. The average molecular weight is 419 g/mol. The lowest BCUT2D eigenvalue weighted by Crippen LogP contribution is -2.22. The molecule has 7 heteroatoms. The van der Waals surface area contributed by atoms with Crippen LogP contribution in [0.3, 0.4) is 0 Å². The van der Waals surface area contributed by atoms with Gasteiger partial charge in [-0.2, -0.15) is 0 Å². The van der Waals surface area contributed by atoms with Gasteiger partial charge in [0.25, 0.3) is 0 Å². The third kappa shape index (κ3) is 5.62. The van der Waals surface area contributed by atoms with E-state index in [1.54, 1.807) is 0 Å². The summed E-state index contributed by atoms with van der Waals surface area (Å²) in [6.45, 7) is 5.78. The van der Waals surface area contributed by atoms with Gasteiger partial charge in [-0.25, -0.2) is 4.68 Å². The molecule has 1 aromatic heterocycles. The van der Waals surface area contributed by atoms with Crippen LogP contribution < -0.4 is 5.32 Å². The Morgan fingerprint density at radius 2 is 1.96 bits per heavy atom. The Balaban J connectivity index is 1.64. The van der Waals surface area contributed by atoms with Crippen molar-refractivity contribution in [2.45, 2.75) is 33.0 Å². The van der Waals surface area contributed by atoms with E-state index in [1.807, 2.05) is 29.9 Å². The second kappa shape index (κ2) is 8.97. The molecule has 1 heterocycles. The first-order valence-electron chi connectivity index (χ1n) is 8.78. The van der Waals surface area contributed by atoms with Gasteiger partial charge in [-0.15, -0.1) is 5.10 Å². The van der Waals surface area contributed by atoms with E-state index in [1.165, 1.54) is 16.9 Å². The van der Waals surface area contributed by atoms with Gasteiger partial charge in [0.15, 0.2) is 3.95 Å². The molecule has 27 heavy (non-hydrogen) atoms. The maximum atomic E-state index is 6.06. The zero-order valence-electron chi connectivity index (χ0n) is 15.6. The normalized spacial score (nSPS) is 11.3. The van der Waals surface area contributed by atoms with E-state index in [0.717, 1.165) is 31.9 Å². The Morgan fingerprint density at radius 3 is 2.63 bits per heavy atom. The molecule has 1 N–H and O–H groups in total. The fraction of sp³-hybridized carbons (Fsp3) is 0.300. The Labute approximate surface area is 174 Å². The molecule has 0 saturated carbocycles. The molecule has 0 aliphatic heterocycles. The van der Waals surface area contributed by atoms with Gasteiger partial charge in [0.05, 0.1) is 6.67 Å². The molecule has 0 bridgehead atoms. The number of halogens is 1. The standard InChI is InChI=1S/C20H23ClN4S2/c1-14(2)16-7-9-18(10-8-16)22-19-23-25(20(26)27-19)13-24(3)12-15-5-4-6-17(21)11-15/h4-11,14H,12-13H2,1-3H3,(H,22,23). The van der Waals surface area contributed by atoms with Crippen LogP contribution in [-0.2, 0) is 13.2 Å². The number of nitrogens with zero attached hydrogens (tertiary/aromatic N) is 3. The minimum Gasteiger partial charge on any atom is -0.330 e. The summed E-state index contributed by atoms with van der Waals surface area (Å²) in [5, 5.41) is 9.51. The van der Waals surface area contributed by atoms with Crippen LogP contribution in [0.4, 0.5) is 10.8 Å². The van der Waals surface area contributed by atoms with Gasteiger partial charge < -0.3 is 5.32 Å². The number of hydrogen-bond acceptors (Lipinski definition) is 5. The summed E-state index contributed by atoms with van der Waals surface area (Å²) < 4.78 is 2.59. The van der Waals surface area contributed by atoms with Gasteiger partial charge in [0, 0.05) is 17.3 Å². The first kappa shape index (κ1) is 20.0. The van der Waals surface area contributed by atoms with Crippen molar-refractivity contribution < 1.29 is 0 Å². The van der Waals surface area contributed by atoms with Crippen LogP contribution >= 0.6 is 35.2 Å². The van der Waals surface area contributed by atoms with Crippen LogP contribution in [0.25, 0.3) is 0 Å². The van der Waals surface area contributed by atoms with Gasteiger partial charge in [-0.3, -0.25) is 4.90 Å². The second-order valence-corrected chi connectivity index (χ2v) is 8.92. The van der Waals surface area contributed by atoms with Gasteiger partial charge in [0.2, 0.25) is 5.13 Å². The van der Waals surface area contributed by atoms with Gasteiger partial charge in [-0.05, 0) is 60.6 Å². The molecule has 2 aromatic carbocycles. The van der Waals surface area contributed by atoms with Gasteiger partial charge >= 0.3 is 0 Å². The minimum atomic E-state index is 0.523. The van der Waals surface area contributed by atoms with Crippen LogP contribution in [0.5, 0.6) is 0 Å². The molecule has 3 rings (SSSR count). The quantitative estimate of drug-likeness (QED) is 0.457. The largest absolute Gasteiger partial charge is 0.330 e. The van der Waals surface area contributed by atoms with Crippen molar-refractivity contribution in [2.24, 2.45) is 0 Å². The molecule has 0 unspecified atom stereocenters. The number of aromatic nitrogens is 2. The van der Waals surface area contributed by atoms with Crippen molar-refractivity contribution in [1.82, 2.24) is 14.7 Å². The Morgan fingerprint density at radius 1 is 1.22 bits per heavy atom. The molecule has 0 spiro atoms. The van der Waals surface area contributed by atoms with Crippen molar-refractivity contribution in [3.63, 3.8) is 0 Å². The van der Waals surface area contributed by atoms with Crippen molar-refractivity contribution in [1.29, 1.82) is 0 Å². The molecule has 0 atom stereocenters. The molecule has 0 saturated heterocycles. The van der Waals surface area contributed by atoms with Crippen LogP contribution in [0.1, 0.15) is 30.9 Å².